The Morgan fingerprint density at radius 2 is 1.76 bits per heavy atom. The van der Waals surface area contributed by atoms with E-state index in [9.17, 15) is 10.1 Å². The molecule has 0 aromatic heterocycles. The van der Waals surface area contributed by atoms with Crippen molar-refractivity contribution < 1.29 is 4.92 Å². The van der Waals surface area contributed by atoms with E-state index in [1.165, 1.54) is 0 Å². The van der Waals surface area contributed by atoms with E-state index in [2.05, 4.69) is 10.6 Å². The van der Waals surface area contributed by atoms with E-state index in [1.54, 1.807) is 37.4 Å². The van der Waals surface area contributed by atoms with Gasteiger partial charge in [-0.1, -0.05) is 29.3 Å². The summed E-state index contributed by atoms with van der Waals surface area (Å²) in [5.41, 5.74) is 2.06. The minimum Gasteiger partial charge on any atom is -0.382 e. The van der Waals surface area contributed by atoms with E-state index in [-0.39, 0.29) is 5.69 Å². The number of halogens is 2. The lowest BCUT2D eigenvalue weighted by Crippen LogP contribution is -2.01. The van der Waals surface area contributed by atoms with E-state index in [0.29, 0.717) is 27.1 Å². The first-order valence-electron chi connectivity index (χ1n) is 6.12. The van der Waals surface area contributed by atoms with Crippen LogP contribution in [-0.4, -0.2) is 12.0 Å². The second kappa shape index (κ2) is 6.20. The van der Waals surface area contributed by atoms with Gasteiger partial charge in [0.2, 0.25) is 0 Å². The number of para-hydroxylation sites is 1. The standard InChI is InChI=1S/C14H13Cl2N3O2/c1-8-6-10(16)13(7-9(8)15)18-12-5-3-4-11(17-2)14(12)19(20)21/h3-7,17-18H,1-2H3. The maximum Gasteiger partial charge on any atom is 0.315 e. The number of rotatable bonds is 4. The number of nitro groups is 1. The van der Waals surface area contributed by atoms with Crippen LogP contribution in [0.4, 0.5) is 22.7 Å². The Morgan fingerprint density at radius 1 is 1.10 bits per heavy atom. The van der Waals surface area contributed by atoms with Crippen LogP contribution in [0, 0.1) is 17.0 Å². The van der Waals surface area contributed by atoms with Gasteiger partial charge in [0.25, 0.3) is 0 Å². The fourth-order valence-corrected chi connectivity index (χ4v) is 2.36. The molecular formula is C14H13Cl2N3O2. The zero-order valence-electron chi connectivity index (χ0n) is 11.4. The first kappa shape index (κ1) is 15.4. The van der Waals surface area contributed by atoms with Crippen molar-refractivity contribution >= 4 is 46.0 Å². The van der Waals surface area contributed by atoms with Crippen molar-refractivity contribution in [2.24, 2.45) is 0 Å². The number of nitro benzene ring substituents is 1. The number of hydrogen-bond acceptors (Lipinski definition) is 4. The molecule has 0 amide bonds. The zero-order valence-corrected chi connectivity index (χ0v) is 12.9. The van der Waals surface area contributed by atoms with Crippen LogP contribution in [0.2, 0.25) is 10.0 Å². The number of aryl methyl sites for hydroxylation is 1. The van der Waals surface area contributed by atoms with Gasteiger partial charge in [-0.25, -0.2) is 0 Å². The summed E-state index contributed by atoms with van der Waals surface area (Å²) < 4.78 is 0. The Labute approximate surface area is 132 Å². The molecule has 0 aliphatic rings. The molecule has 0 unspecified atom stereocenters. The summed E-state index contributed by atoms with van der Waals surface area (Å²) in [5.74, 6) is 0. The smallest absolute Gasteiger partial charge is 0.315 e. The van der Waals surface area contributed by atoms with Crippen LogP contribution in [0.5, 0.6) is 0 Å². The number of benzene rings is 2. The van der Waals surface area contributed by atoms with E-state index in [0.717, 1.165) is 5.56 Å². The van der Waals surface area contributed by atoms with E-state index >= 15 is 0 Å². The molecule has 7 heteroatoms. The van der Waals surface area contributed by atoms with Gasteiger partial charge in [0, 0.05) is 12.1 Å². The quantitative estimate of drug-likeness (QED) is 0.613. The van der Waals surface area contributed by atoms with Gasteiger partial charge in [0.1, 0.15) is 11.4 Å². The van der Waals surface area contributed by atoms with Gasteiger partial charge in [-0.05, 0) is 36.8 Å². The van der Waals surface area contributed by atoms with Crippen LogP contribution in [-0.2, 0) is 0 Å². The van der Waals surface area contributed by atoms with Crippen LogP contribution in [0.1, 0.15) is 5.56 Å². The van der Waals surface area contributed by atoms with Crippen LogP contribution in [0.25, 0.3) is 0 Å². The fraction of sp³-hybridized carbons (Fsp3) is 0.143. The highest BCUT2D eigenvalue weighted by atomic mass is 35.5. The molecule has 0 aliphatic heterocycles. The van der Waals surface area contributed by atoms with Crippen molar-refractivity contribution in [2.45, 2.75) is 6.92 Å². The van der Waals surface area contributed by atoms with E-state index in [4.69, 9.17) is 23.2 Å². The summed E-state index contributed by atoms with van der Waals surface area (Å²) in [6.07, 6.45) is 0. The largest absolute Gasteiger partial charge is 0.382 e. The molecule has 2 rings (SSSR count). The summed E-state index contributed by atoms with van der Waals surface area (Å²) in [7, 11) is 1.63. The van der Waals surface area contributed by atoms with Crippen LogP contribution in [0.15, 0.2) is 30.3 Å². The monoisotopic (exact) mass is 325 g/mol. The third-order valence-electron chi connectivity index (χ3n) is 3.01. The van der Waals surface area contributed by atoms with Gasteiger partial charge in [0.05, 0.1) is 15.6 Å². The maximum atomic E-state index is 11.3. The van der Waals surface area contributed by atoms with Crippen molar-refractivity contribution in [3.8, 4) is 0 Å². The topological polar surface area (TPSA) is 67.2 Å². The van der Waals surface area contributed by atoms with Gasteiger partial charge < -0.3 is 10.6 Å². The average molecular weight is 326 g/mol. The summed E-state index contributed by atoms with van der Waals surface area (Å²) >= 11 is 12.2. The second-order valence-electron chi connectivity index (χ2n) is 4.42. The maximum absolute atomic E-state index is 11.3. The predicted octanol–water partition coefficient (Wildman–Crippen LogP) is 5.00. The number of nitrogens with zero attached hydrogens (tertiary/aromatic N) is 1. The molecule has 0 spiro atoms. The summed E-state index contributed by atoms with van der Waals surface area (Å²) in [4.78, 5) is 10.8. The minimum atomic E-state index is -0.447. The second-order valence-corrected chi connectivity index (χ2v) is 5.23. The lowest BCUT2D eigenvalue weighted by atomic mass is 10.2. The molecule has 0 atom stereocenters. The van der Waals surface area contributed by atoms with Gasteiger partial charge >= 0.3 is 5.69 Å². The van der Waals surface area contributed by atoms with E-state index in [1.807, 2.05) is 6.92 Å². The average Bonchev–Trinajstić information content (AvgIpc) is 2.44. The number of nitrogens with one attached hydrogen (secondary N) is 2. The molecule has 2 N–H and O–H groups in total. The summed E-state index contributed by atoms with van der Waals surface area (Å²) in [6, 6.07) is 8.32. The van der Waals surface area contributed by atoms with Crippen molar-refractivity contribution in [3.63, 3.8) is 0 Å². The lowest BCUT2D eigenvalue weighted by Gasteiger charge is -2.12. The van der Waals surface area contributed by atoms with Crippen molar-refractivity contribution in [1.29, 1.82) is 0 Å². The Morgan fingerprint density at radius 3 is 2.38 bits per heavy atom. The first-order chi connectivity index (χ1) is 9.93. The van der Waals surface area contributed by atoms with Crippen LogP contribution < -0.4 is 10.6 Å². The molecule has 0 heterocycles. The molecule has 0 saturated heterocycles. The third-order valence-corrected chi connectivity index (χ3v) is 3.73. The van der Waals surface area contributed by atoms with E-state index < -0.39 is 4.92 Å². The summed E-state index contributed by atoms with van der Waals surface area (Å²) in [5, 5.41) is 18.0. The molecule has 0 radical (unpaired) electrons. The van der Waals surface area contributed by atoms with Crippen molar-refractivity contribution in [3.05, 3.63) is 56.1 Å². The number of hydrogen-bond donors (Lipinski definition) is 2. The SMILES string of the molecule is CNc1cccc(Nc2cc(Cl)c(C)cc2Cl)c1[N+](=O)[O-]. The number of anilines is 3. The molecule has 5 nitrogen and oxygen atoms in total. The third kappa shape index (κ3) is 3.20. The van der Waals surface area contributed by atoms with Crippen LogP contribution in [0.3, 0.4) is 0 Å². The molecule has 0 fully saturated rings. The highest BCUT2D eigenvalue weighted by Crippen LogP contribution is 2.37. The minimum absolute atomic E-state index is 0.0484. The molecule has 0 bridgehead atoms. The summed E-state index contributed by atoms with van der Waals surface area (Å²) in [6.45, 7) is 1.84. The lowest BCUT2D eigenvalue weighted by molar-refractivity contribution is -0.383. The molecule has 110 valence electrons. The predicted molar refractivity (Wildman–Crippen MR) is 87.1 cm³/mol. The van der Waals surface area contributed by atoms with Crippen LogP contribution >= 0.6 is 23.2 Å². The van der Waals surface area contributed by atoms with Gasteiger partial charge in [0.15, 0.2) is 0 Å². The molecule has 2 aromatic rings. The molecular weight excluding hydrogens is 313 g/mol. The molecule has 0 saturated carbocycles. The fourth-order valence-electron chi connectivity index (χ4n) is 1.93. The van der Waals surface area contributed by atoms with Crippen molar-refractivity contribution in [2.75, 3.05) is 17.7 Å². The molecule has 2 aromatic carbocycles. The highest BCUT2D eigenvalue weighted by Gasteiger charge is 2.19. The Bertz CT molecular complexity index is 705. The molecule has 21 heavy (non-hydrogen) atoms. The van der Waals surface area contributed by atoms with Gasteiger partial charge in [-0.15, -0.1) is 0 Å². The Kier molecular flexibility index (Phi) is 4.55. The Hall–Kier alpha value is -1.98. The zero-order chi connectivity index (χ0) is 15.6. The normalized spacial score (nSPS) is 10.3. The van der Waals surface area contributed by atoms with Crippen molar-refractivity contribution in [1.82, 2.24) is 0 Å². The van der Waals surface area contributed by atoms with Gasteiger partial charge in [-0.3, -0.25) is 10.1 Å². The molecule has 0 aliphatic carbocycles. The Balaban J connectivity index is 2.49. The van der Waals surface area contributed by atoms with Gasteiger partial charge in [-0.2, -0.15) is 0 Å². The first-order valence-corrected chi connectivity index (χ1v) is 6.87. The highest BCUT2D eigenvalue weighted by molar-refractivity contribution is 6.35.